The van der Waals surface area contributed by atoms with Crippen molar-refractivity contribution in [3.05, 3.63) is 85.1 Å². The van der Waals surface area contributed by atoms with Gasteiger partial charge in [0.2, 0.25) is 0 Å². The van der Waals surface area contributed by atoms with Crippen molar-refractivity contribution < 1.29 is 118 Å². The molecule has 106 heavy (non-hydrogen) atoms. The van der Waals surface area contributed by atoms with Crippen LogP contribution in [0.25, 0.3) is 0 Å². The second-order valence-corrected chi connectivity index (χ2v) is 31.5. The minimum atomic E-state index is -4.54. The van der Waals surface area contributed by atoms with Crippen molar-refractivity contribution in [1.82, 2.24) is 5.32 Å². The molecule has 25 nitrogen and oxygen atoms in total. The first-order valence-corrected chi connectivity index (χ1v) is 41.3. The Morgan fingerprint density at radius 3 is 1.62 bits per heavy atom. The van der Waals surface area contributed by atoms with Gasteiger partial charge in [0.15, 0.2) is 18.2 Å². The maximum atomic E-state index is 13.7. The molecular formula is C80H136NO24P. The average molecular weight is 1530 g/mol. The lowest BCUT2D eigenvalue weighted by atomic mass is 9.82. The van der Waals surface area contributed by atoms with Gasteiger partial charge in [-0.05, 0) is 46.0 Å². The highest BCUT2D eigenvalue weighted by molar-refractivity contribution is 7.52. The highest BCUT2D eigenvalue weighted by Crippen LogP contribution is 2.42. The molecule has 0 aromatic rings. The molecule has 0 aliphatic carbocycles. The van der Waals surface area contributed by atoms with Crippen LogP contribution in [0.3, 0.4) is 0 Å². The van der Waals surface area contributed by atoms with E-state index in [-0.39, 0.29) is 44.6 Å². The van der Waals surface area contributed by atoms with E-state index in [2.05, 4.69) is 19.2 Å². The van der Waals surface area contributed by atoms with Crippen LogP contribution in [0.15, 0.2) is 85.1 Å². The number of aliphatic hydroxyl groups is 10. The van der Waals surface area contributed by atoms with Crippen LogP contribution in [-0.2, 0) is 56.7 Å². The van der Waals surface area contributed by atoms with Crippen molar-refractivity contribution in [2.75, 3.05) is 25.9 Å². The summed E-state index contributed by atoms with van der Waals surface area (Å²) < 4.78 is 54.4. The number of carboxylic acids is 1. The number of hydrogen-bond donors (Lipinski definition) is 13. The van der Waals surface area contributed by atoms with Gasteiger partial charge < -0.3 is 99.3 Å². The summed E-state index contributed by atoms with van der Waals surface area (Å²) >= 11 is 0. The molecule has 3 heterocycles. The van der Waals surface area contributed by atoms with Crippen LogP contribution >= 0.6 is 7.60 Å². The Kier molecular flexibility index (Phi) is 49.8. The van der Waals surface area contributed by atoms with Crippen LogP contribution < -0.4 is 5.32 Å². The summed E-state index contributed by atoms with van der Waals surface area (Å²) in [7, 11) is -4.54. The number of rotatable bonds is 37. The summed E-state index contributed by atoms with van der Waals surface area (Å²) in [5, 5.41) is 126. The summed E-state index contributed by atoms with van der Waals surface area (Å²) in [5.41, 5.74) is 0. The van der Waals surface area contributed by atoms with E-state index >= 15 is 0 Å². The maximum absolute atomic E-state index is 13.7. The van der Waals surface area contributed by atoms with Gasteiger partial charge in [-0.2, -0.15) is 0 Å². The molecule has 0 amide bonds. The minimum absolute atomic E-state index is 0.0954. The van der Waals surface area contributed by atoms with Gasteiger partial charge >= 0.3 is 31.5 Å². The molecule has 26 heteroatoms. The molecular weight excluding hydrogens is 1390 g/mol. The number of fused-ring (bicyclic) bond motifs is 2. The van der Waals surface area contributed by atoms with Crippen molar-refractivity contribution >= 4 is 31.5 Å². The smallest absolute Gasteiger partial charge is 0.329 e. The molecule has 0 spiro atoms. The average Bonchev–Trinajstić information content (AvgIpc) is 0.789. The first-order valence-electron chi connectivity index (χ1n) is 39.6. The van der Waals surface area contributed by atoms with E-state index in [0.29, 0.717) is 12.8 Å². The number of allylic oxidation sites excluding steroid dienone is 12. The lowest BCUT2D eigenvalue weighted by molar-refractivity contribution is -0.309. The highest BCUT2D eigenvalue weighted by atomic mass is 31.2. The first kappa shape index (κ1) is 95.9. The number of unbranched alkanes of at least 4 members (excludes halogenated alkanes) is 20. The summed E-state index contributed by atoms with van der Waals surface area (Å²) in [6, 6.07) is -1.29. The monoisotopic (exact) mass is 1530 g/mol. The number of ether oxygens (including phenoxy) is 6. The lowest BCUT2D eigenvalue weighted by Crippen LogP contribution is -2.63. The van der Waals surface area contributed by atoms with Gasteiger partial charge in [0, 0.05) is 56.9 Å². The topological polar surface area (TPSA) is 405 Å². The summed E-state index contributed by atoms with van der Waals surface area (Å²) in [6.45, 7) is 9.75. The quantitative estimate of drug-likeness (QED) is 0.0119. The number of carbonyl (C=O) groups is 4. The maximum Gasteiger partial charge on any atom is 0.329 e. The summed E-state index contributed by atoms with van der Waals surface area (Å²) in [4.78, 5) is 63.0. The normalized spacial score (nSPS) is 33.3. The minimum Gasteiger partial charge on any atom is -0.481 e. The summed E-state index contributed by atoms with van der Waals surface area (Å²) in [6.07, 6.45) is 23.5. The molecule has 0 radical (unpaired) electrons. The van der Waals surface area contributed by atoms with Gasteiger partial charge in [0.25, 0.3) is 0 Å². The molecule has 0 aromatic heterocycles. The zero-order valence-corrected chi connectivity index (χ0v) is 65.1. The van der Waals surface area contributed by atoms with Gasteiger partial charge in [0.05, 0.1) is 92.4 Å². The molecule has 0 saturated carbocycles. The Morgan fingerprint density at radius 2 is 1.08 bits per heavy atom. The second-order valence-electron chi connectivity index (χ2n) is 29.5. The Hall–Kier alpha value is -4.35. The molecule has 610 valence electrons. The molecule has 1 unspecified atom stereocenters. The van der Waals surface area contributed by atoms with E-state index in [9.17, 15) is 84.8 Å². The molecule has 2 fully saturated rings. The fourth-order valence-corrected chi connectivity index (χ4v) is 14.2. The molecule has 3 aliphatic rings. The molecule has 3 aliphatic heterocycles. The first-order chi connectivity index (χ1) is 50.6. The van der Waals surface area contributed by atoms with E-state index in [1.54, 1.807) is 80.7 Å². The van der Waals surface area contributed by atoms with Crippen molar-refractivity contribution in [2.24, 2.45) is 17.8 Å². The third-order valence-corrected chi connectivity index (χ3v) is 21.2. The van der Waals surface area contributed by atoms with Crippen molar-refractivity contribution in [3.8, 4) is 0 Å². The number of aliphatic carboxylic acids is 1. The van der Waals surface area contributed by atoms with Gasteiger partial charge in [-0.1, -0.05) is 241 Å². The van der Waals surface area contributed by atoms with E-state index in [0.717, 1.165) is 51.4 Å². The molecule has 21 atom stereocenters. The summed E-state index contributed by atoms with van der Waals surface area (Å²) in [5.74, 6) is -8.28. The third kappa shape index (κ3) is 41.6. The number of nitrogens with one attached hydrogen (secondary N) is 1. The highest BCUT2D eigenvalue weighted by Gasteiger charge is 2.51. The molecule has 2 bridgehead atoms. The van der Waals surface area contributed by atoms with Crippen LogP contribution in [0.2, 0.25) is 0 Å². The number of cyclic esters (lactones) is 1. The van der Waals surface area contributed by atoms with Crippen molar-refractivity contribution in [2.45, 2.75) is 351 Å². The third-order valence-electron chi connectivity index (χ3n) is 19.9. The molecule has 0 aromatic carbocycles. The Morgan fingerprint density at radius 1 is 0.575 bits per heavy atom. The Bertz CT molecular complexity index is 2670. The van der Waals surface area contributed by atoms with Crippen LogP contribution in [0.5, 0.6) is 0 Å². The number of esters is 3. The van der Waals surface area contributed by atoms with E-state index in [4.69, 9.17) is 32.9 Å². The van der Waals surface area contributed by atoms with Gasteiger partial charge in [0.1, 0.15) is 24.7 Å². The second kappa shape index (κ2) is 55.1. The number of carboxylic acid groups (broad SMARTS) is 1. The van der Waals surface area contributed by atoms with Crippen LogP contribution in [0.4, 0.5) is 0 Å². The van der Waals surface area contributed by atoms with Crippen molar-refractivity contribution in [3.63, 3.8) is 0 Å². The number of aliphatic hydroxyl groups excluding tert-OH is 9. The Balaban J connectivity index is 1.81. The molecule has 13 N–H and O–H groups in total. The lowest BCUT2D eigenvalue weighted by Gasteiger charge is -2.45. The zero-order chi connectivity index (χ0) is 78.3. The largest absolute Gasteiger partial charge is 0.481 e. The van der Waals surface area contributed by atoms with Gasteiger partial charge in [-0.15, -0.1) is 0 Å². The van der Waals surface area contributed by atoms with E-state index < -0.39 is 198 Å². The van der Waals surface area contributed by atoms with Crippen LogP contribution in [0, 0.1) is 17.8 Å². The van der Waals surface area contributed by atoms with E-state index in [1.807, 2.05) is 13.0 Å². The van der Waals surface area contributed by atoms with Crippen molar-refractivity contribution in [1.29, 1.82) is 0 Å². The number of carbonyl (C=O) groups excluding carboxylic acids is 3. The molecule has 2 saturated heterocycles. The Labute approximate surface area is 631 Å². The fraction of sp³-hybridized carbons (Fsp3) is 0.775. The predicted octanol–water partition coefficient (Wildman–Crippen LogP) is 10.4. The van der Waals surface area contributed by atoms with E-state index in [1.165, 1.54) is 96.1 Å². The van der Waals surface area contributed by atoms with Crippen LogP contribution in [-0.4, -0.2) is 214 Å². The fourth-order valence-electron chi connectivity index (χ4n) is 13.3. The van der Waals surface area contributed by atoms with Gasteiger partial charge in [-0.25, -0.2) is 0 Å². The number of hydrogen-bond acceptors (Lipinski definition) is 23. The van der Waals surface area contributed by atoms with Gasteiger partial charge in [-0.3, -0.25) is 23.7 Å². The standard InChI is InChI=1S/C80H136NO24P/c1-7-9-11-13-15-17-21-27-31-35-39-43-70(88)99-55-65(103-71(89)44-40-36-32-28-22-18-16-14-12-10-8-2)56-100-106(97,98)48-47-81-74-76(92)60(6)102-79(77(74)93)104-64-42-38-34-30-26-24-20-19-23-25-29-33-37-41-57(3)75(91)58(4)59(5)101-72(90)51-62(83)49-61(82)45-46-66(85)67(86)50-63(84)53-80(96)54-68(87)73(78(94)95)69(52-64)105-80/h19-20,23-26,29-30,33-34,37-38,41-42,57-69,73-77,79,81-87,91-93,96H,7-18,21-22,27-28,31-32,35-36,39-40,43-56H2,1-6H3,(H,94,95)(H,97,98)/b20-19+,25-23+,26-24+,33-29+,34-30+,41-37+,42-38+/t57-,58-,59-,60+,61+,62+,63-,64-,65+,66+,67+,68-,69-,73+,74-,75+,76+,77-,79-,80+/m0/s1. The van der Waals surface area contributed by atoms with Crippen LogP contribution in [0.1, 0.15) is 247 Å². The molecule has 3 rings (SSSR count). The zero-order valence-electron chi connectivity index (χ0n) is 64.2. The predicted molar refractivity (Wildman–Crippen MR) is 404 cm³/mol. The SMILES string of the molecule is CCCCCCCCCCCCCC(=O)OC[C@H](COP(=O)(O)CCN[C@@H]1[C@H](O)[C@H](O[C@H]2/C=C/C=C/C=C/C=C/C=C/C=C/C=C/[C@H](C)[C@@H](O)[C@@H](C)[C@H](C)OC(=O)C[C@H](O)C[C@H](O)CC[C@@H](O)[C@H](O)C[C@H](O)C[C@]3(O)C[C@H](O)[C@@H](C(=O)O)[C@H](C2)O3)O[C@H](C)[C@H]1O)OC(=O)CCCCCCCCCCCCC.